The highest BCUT2D eigenvalue weighted by molar-refractivity contribution is 7.89. The average molecular weight is 383 g/mol. The van der Waals surface area contributed by atoms with Crippen LogP contribution in [-0.2, 0) is 14.8 Å². The molecule has 0 unspecified atom stereocenters. The molecule has 3 aromatic rings. The number of nitrogens with zero attached hydrogens (tertiary/aromatic N) is 1. The molecule has 0 aliphatic carbocycles. The Labute approximate surface area is 158 Å². The summed E-state index contributed by atoms with van der Waals surface area (Å²) in [4.78, 5) is 12.4. The Kier molecular flexibility index (Phi) is 5.43. The number of hydrogen-bond acceptors (Lipinski definition) is 4. The minimum Gasteiger partial charge on any atom is -0.376 e. The first-order valence-corrected chi connectivity index (χ1v) is 9.86. The van der Waals surface area contributed by atoms with Gasteiger partial charge in [-0.3, -0.25) is 4.79 Å². The van der Waals surface area contributed by atoms with Crippen LogP contribution >= 0.6 is 0 Å². The zero-order valence-corrected chi connectivity index (χ0v) is 16.0. The Bertz CT molecular complexity index is 1060. The summed E-state index contributed by atoms with van der Waals surface area (Å²) >= 11 is 0. The van der Waals surface area contributed by atoms with Crippen molar-refractivity contribution in [2.75, 3.05) is 31.3 Å². The van der Waals surface area contributed by atoms with Crippen LogP contribution in [0.2, 0.25) is 0 Å². The third-order valence-corrected chi connectivity index (χ3v) is 5.97. The van der Waals surface area contributed by atoms with Crippen LogP contribution in [0.3, 0.4) is 0 Å². The molecule has 0 atom stereocenters. The molecular formula is C20H21N3O3S. The van der Waals surface area contributed by atoms with E-state index in [-0.39, 0.29) is 17.3 Å². The summed E-state index contributed by atoms with van der Waals surface area (Å²) in [6.45, 7) is 0.103. The lowest BCUT2D eigenvalue weighted by molar-refractivity contribution is -0.114. The first kappa shape index (κ1) is 18.9. The monoisotopic (exact) mass is 383 g/mol. The average Bonchev–Trinajstić information content (AvgIpc) is 2.66. The first-order chi connectivity index (χ1) is 12.9. The SMILES string of the molecule is CN(C)S(=O)(=O)c1ccc(NC(=O)CNc2cccc3ccccc23)cc1. The number of carbonyl (C=O) groups excluding carboxylic acids is 1. The predicted octanol–water partition coefficient (Wildman–Crippen LogP) is 3.14. The summed E-state index contributed by atoms with van der Waals surface area (Å²) in [5.74, 6) is -0.217. The Balaban J connectivity index is 1.64. The number of anilines is 2. The van der Waals surface area contributed by atoms with E-state index in [9.17, 15) is 13.2 Å². The number of fused-ring (bicyclic) bond motifs is 1. The highest BCUT2D eigenvalue weighted by Gasteiger charge is 2.16. The molecule has 6 nitrogen and oxygen atoms in total. The van der Waals surface area contributed by atoms with Crippen LogP contribution < -0.4 is 10.6 Å². The number of hydrogen-bond donors (Lipinski definition) is 2. The molecule has 0 heterocycles. The smallest absolute Gasteiger partial charge is 0.243 e. The van der Waals surface area contributed by atoms with E-state index in [1.54, 1.807) is 12.1 Å². The molecule has 27 heavy (non-hydrogen) atoms. The minimum atomic E-state index is -3.48. The number of nitrogens with one attached hydrogen (secondary N) is 2. The number of benzene rings is 3. The summed E-state index contributed by atoms with van der Waals surface area (Å²) in [7, 11) is -0.529. The van der Waals surface area contributed by atoms with Crippen LogP contribution in [-0.4, -0.2) is 39.3 Å². The van der Waals surface area contributed by atoms with E-state index in [4.69, 9.17) is 0 Å². The van der Waals surface area contributed by atoms with Crippen LogP contribution in [0, 0.1) is 0 Å². The van der Waals surface area contributed by atoms with Gasteiger partial charge < -0.3 is 10.6 Å². The van der Waals surface area contributed by atoms with E-state index in [0.29, 0.717) is 5.69 Å². The van der Waals surface area contributed by atoms with Crippen molar-refractivity contribution in [2.24, 2.45) is 0 Å². The van der Waals surface area contributed by atoms with Crippen molar-refractivity contribution in [3.8, 4) is 0 Å². The third kappa shape index (κ3) is 4.27. The summed E-state index contributed by atoms with van der Waals surface area (Å²) in [6.07, 6.45) is 0. The van der Waals surface area contributed by atoms with Gasteiger partial charge in [-0.15, -0.1) is 0 Å². The molecule has 0 fully saturated rings. The van der Waals surface area contributed by atoms with E-state index < -0.39 is 10.0 Å². The molecule has 0 aromatic heterocycles. The fourth-order valence-corrected chi connectivity index (χ4v) is 3.58. The summed E-state index contributed by atoms with van der Waals surface area (Å²) < 4.78 is 25.3. The predicted molar refractivity (Wildman–Crippen MR) is 108 cm³/mol. The van der Waals surface area contributed by atoms with Crippen LogP contribution in [0.4, 0.5) is 11.4 Å². The fourth-order valence-electron chi connectivity index (χ4n) is 2.68. The highest BCUT2D eigenvalue weighted by atomic mass is 32.2. The van der Waals surface area contributed by atoms with Gasteiger partial charge in [-0.25, -0.2) is 12.7 Å². The van der Waals surface area contributed by atoms with Crippen molar-refractivity contribution in [1.29, 1.82) is 0 Å². The Morgan fingerprint density at radius 1 is 0.926 bits per heavy atom. The van der Waals surface area contributed by atoms with Crippen molar-refractivity contribution in [3.05, 3.63) is 66.7 Å². The van der Waals surface area contributed by atoms with Gasteiger partial charge in [0.05, 0.1) is 11.4 Å². The number of rotatable bonds is 6. The van der Waals surface area contributed by atoms with Crippen molar-refractivity contribution < 1.29 is 13.2 Å². The maximum absolute atomic E-state index is 12.2. The van der Waals surface area contributed by atoms with Gasteiger partial charge in [-0.05, 0) is 35.7 Å². The Morgan fingerprint density at radius 3 is 2.30 bits per heavy atom. The van der Waals surface area contributed by atoms with E-state index in [1.165, 1.54) is 26.2 Å². The molecule has 0 saturated heterocycles. The van der Waals surface area contributed by atoms with Gasteiger partial charge in [0.15, 0.2) is 0 Å². The van der Waals surface area contributed by atoms with Gasteiger partial charge in [0.25, 0.3) is 0 Å². The second-order valence-electron chi connectivity index (χ2n) is 6.24. The molecule has 0 radical (unpaired) electrons. The van der Waals surface area contributed by atoms with Gasteiger partial charge >= 0.3 is 0 Å². The van der Waals surface area contributed by atoms with Crippen molar-refractivity contribution >= 4 is 38.1 Å². The van der Waals surface area contributed by atoms with E-state index >= 15 is 0 Å². The van der Waals surface area contributed by atoms with E-state index in [0.717, 1.165) is 20.8 Å². The quantitative estimate of drug-likeness (QED) is 0.685. The van der Waals surface area contributed by atoms with Gasteiger partial charge in [0.2, 0.25) is 15.9 Å². The number of amides is 1. The van der Waals surface area contributed by atoms with Crippen LogP contribution in [0.15, 0.2) is 71.6 Å². The molecule has 0 aliphatic heterocycles. The first-order valence-electron chi connectivity index (χ1n) is 8.42. The Hall–Kier alpha value is -2.90. The molecule has 0 bridgehead atoms. The largest absolute Gasteiger partial charge is 0.376 e. The minimum absolute atomic E-state index is 0.103. The molecule has 0 spiro atoms. The van der Waals surface area contributed by atoms with Crippen molar-refractivity contribution in [3.63, 3.8) is 0 Å². The summed E-state index contributed by atoms with van der Waals surface area (Å²) in [5, 5.41) is 8.05. The maximum atomic E-state index is 12.2. The lowest BCUT2D eigenvalue weighted by Crippen LogP contribution is -2.23. The molecule has 0 aliphatic rings. The molecule has 0 saturated carbocycles. The second kappa shape index (κ2) is 7.77. The molecule has 140 valence electrons. The molecule has 2 N–H and O–H groups in total. The number of carbonyl (C=O) groups is 1. The lowest BCUT2D eigenvalue weighted by atomic mass is 10.1. The Morgan fingerprint density at radius 2 is 1.59 bits per heavy atom. The molecule has 3 aromatic carbocycles. The summed E-state index contributed by atoms with van der Waals surface area (Å²) in [6, 6.07) is 19.9. The lowest BCUT2D eigenvalue weighted by Gasteiger charge is -2.12. The van der Waals surface area contributed by atoms with Crippen LogP contribution in [0.5, 0.6) is 0 Å². The molecule has 1 amide bonds. The third-order valence-electron chi connectivity index (χ3n) is 4.15. The van der Waals surface area contributed by atoms with Gasteiger partial charge in [-0.2, -0.15) is 0 Å². The molecule has 7 heteroatoms. The van der Waals surface area contributed by atoms with Gasteiger partial charge in [-0.1, -0.05) is 36.4 Å². The standard InChI is InChI=1S/C20H21N3O3S/c1-23(2)27(25,26)17-12-10-16(11-13-17)22-20(24)14-21-19-9-5-7-15-6-3-4-8-18(15)19/h3-13,21H,14H2,1-2H3,(H,22,24). The van der Waals surface area contributed by atoms with Gasteiger partial charge in [0.1, 0.15) is 0 Å². The fraction of sp³-hybridized carbons (Fsp3) is 0.150. The maximum Gasteiger partial charge on any atom is 0.243 e. The van der Waals surface area contributed by atoms with E-state index in [2.05, 4.69) is 10.6 Å². The van der Waals surface area contributed by atoms with Crippen molar-refractivity contribution in [1.82, 2.24) is 4.31 Å². The topological polar surface area (TPSA) is 78.5 Å². The second-order valence-corrected chi connectivity index (χ2v) is 8.39. The normalized spacial score (nSPS) is 11.5. The zero-order chi connectivity index (χ0) is 19.4. The molecular weight excluding hydrogens is 362 g/mol. The van der Waals surface area contributed by atoms with Crippen molar-refractivity contribution in [2.45, 2.75) is 4.90 Å². The van der Waals surface area contributed by atoms with Crippen LogP contribution in [0.1, 0.15) is 0 Å². The van der Waals surface area contributed by atoms with Crippen LogP contribution in [0.25, 0.3) is 10.8 Å². The number of sulfonamides is 1. The highest BCUT2D eigenvalue weighted by Crippen LogP contribution is 2.22. The summed E-state index contributed by atoms with van der Waals surface area (Å²) in [5.41, 5.74) is 1.42. The van der Waals surface area contributed by atoms with Gasteiger partial charge in [0, 0.05) is 30.9 Å². The zero-order valence-electron chi connectivity index (χ0n) is 15.1. The van der Waals surface area contributed by atoms with E-state index in [1.807, 2.05) is 42.5 Å². The molecule has 3 rings (SSSR count).